The standard InChI is InChI=1S/C16H16N4O2/c1-2-4-12(5-3-1)16-17-7-8-20(16)10-14-18-15(19-22-14)13-6-9-21-11-13/h1-5,7-8,13H,6,9-11H2. The second-order valence-electron chi connectivity index (χ2n) is 5.35. The van der Waals surface area contributed by atoms with E-state index >= 15 is 0 Å². The summed E-state index contributed by atoms with van der Waals surface area (Å²) in [4.78, 5) is 8.92. The lowest BCUT2D eigenvalue weighted by molar-refractivity contribution is 0.192. The van der Waals surface area contributed by atoms with Gasteiger partial charge in [-0.2, -0.15) is 4.98 Å². The van der Waals surface area contributed by atoms with Gasteiger partial charge in [-0.25, -0.2) is 4.98 Å². The molecule has 1 aromatic carbocycles. The van der Waals surface area contributed by atoms with Crippen LogP contribution >= 0.6 is 0 Å². The number of hydrogen-bond donors (Lipinski definition) is 0. The van der Waals surface area contributed by atoms with E-state index in [2.05, 4.69) is 15.1 Å². The molecule has 1 fully saturated rings. The Balaban J connectivity index is 1.56. The third-order valence-corrected chi connectivity index (χ3v) is 3.83. The molecule has 112 valence electrons. The van der Waals surface area contributed by atoms with E-state index in [0.29, 0.717) is 19.0 Å². The monoisotopic (exact) mass is 296 g/mol. The van der Waals surface area contributed by atoms with Crippen LogP contribution in [0.3, 0.4) is 0 Å². The van der Waals surface area contributed by atoms with Crippen LogP contribution in [-0.4, -0.2) is 32.9 Å². The third-order valence-electron chi connectivity index (χ3n) is 3.83. The van der Waals surface area contributed by atoms with E-state index in [0.717, 1.165) is 30.2 Å². The van der Waals surface area contributed by atoms with Gasteiger partial charge < -0.3 is 13.8 Å². The van der Waals surface area contributed by atoms with Crippen LogP contribution in [0.2, 0.25) is 0 Å². The highest BCUT2D eigenvalue weighted by Crippen LogP contribution is 2.23. The van der Waals surface area contributed by atoms with Crippen LogP contribution in [-0.2, 0) is 11.3 Å². The molecule has 1 aliphatic heterocycles. The molecule has 0 radical (unpaired) electrons. The van der Waals surface area contributed by atoms with Gasteiger partial charge >= 0.3 is 0 Å². The summed E-state index contributed by atoms with van der Waals surface area (Å²) >= 11 is 0. The van der Waals surface area contributed by atoms with E-state index in [4.69, 9.17) is 9.26 Å². The molecule has 22 heavy (non-hydrogen) atoms. The molecule has 3 aromatic rings. The number of hydrogen-bond acceptors (Lipinski definition) is 5. The van der Waals surface area contributed by atoms with Crippen molar-refractivity contribution in [2.75, 3.05) is 13.2 Å². The number of benzene rings is 1. The molecule has 0 amide bonds. The maximum atomic E-state index is 5.38. The van der Waals surface area contributed by atoms with Crippen LogP contribution in [0, 0.1) is 0 Å². The first-order valence-corrected chi connectivity index (χ1v) is 7.37. The number of imidazole rings is 1. The highest BCUT2D eigenvalue weighted by molar-refractivity contribution is 5.55. The zero-order chi connectivity index (χ0) is 14.8. The molecule has 6 heteroatoms. The minimum atomic E-state index is 0.258. The van der Waals surface area contributed by atoms with Gasteiger partial charge in [-0.15, -0.1) is 0 Å². The summed E-state index contributed by atoms with van der Waals surface area (Å²) in [6, 6.07) is 10.1. The highest BCUT2D eigenvalue weighted by Gasteiger charge is 2.23. The summed E-state index contributed by atoms with van der Waals surface area (Å²) in [5.41, 5.74) is 1.07. The Morgan fingerprint density at radius 3 is 2.95 bits per heavy atom. The van der Waals surface area contributed by atoms with Crippen molar-refractivity contribution in [2.45, 2.75) is 18.9 Å². The molecule has 6 nitrogen and oxygen atoms in total. The van der Waals surface area contributed by atoms with Crippen molar-refractivity contribution >= 4 is 0 Å². The number of ether oxygens (including phenoxy) is 1. The number of aromatic nitrogens is 4. The summed E-state index contributed by atoms with van der Waals surface area (Å²) < 4.78 is 12.8. The molecule has 0 N–H and O–H groups in total. The van der Waals surface area contributed by atoms with Gasteiger partial charge in [0.1, 0.15) is 12.4 Å². The lowest BCUT2D eigenvalue weighted by Crippen LogP contribution is -2.03. The first-order chi connectivity index (χ1) is 10.9. The topological polar surface area (TPSA) is 66.0 Å². The smallest absolute Gasteiger partial charge is 0.246 e. The molecular weight excluding hydrogens is 280 g/mol. The Morgan fingerprint density at radius 2 is 2.14 bits per heavy atom. The second-order valence-corrected chi connectivity index (χ2v) is 5.35. The van der Waals surface area contributed by atoms with Crippen molar-refractivity contribution in [1.82, 2.24) is 19.7 Å². The average Bonchev–Trinajstić information content (AvgIpc) is 3.30. The van der Waals surface area contributed by atoms with E-state index in [9.17, 15) is 0 Å². The van der Waals surface area contributed by atoms with Gasteiger partial charge in [0, 0.05) is 30.5 Å². The Bertz CT molecular complexity index is 744. The van der Waals surface area contributed by atoms with Crippen molar-refractivity contribution in [1.29, 1.82) is 0 Å². The Morgan fingerprint density at radius 1 is 1.23 bits per heavy atom. The fourth-order valence-corrected chi connectivity index (χ4v) is 2.67. The van der Waals surface area contributed by atoms with Crippen molar-refractivity contribution in [2.24, 2.45) is 0 Å². The quantitative estimate of drug-likeness (QED) is 0.740. The molecule has 2 aromatic heterocycles. The SMILES string of the molecule is c1ccc(-c2nccn2Cc2nc(C3CCOC3)no2)cc1. The van der Waals surface area contributed by atoms with Crippen LogP contribution < -0.4 is 0 Å². The van der Waals surface area contributed by atoms with E-state index < -0.39 is 0 Å². The van der Waals surface area contributed by atoms with Gasteiger partial charge in [-0.1, -0.05) is 35.5 Å². The average molecular weight is 296 g/mol. The van der Waals surface area contributed by atoms with Crippen molar-refractivity contribution in [3.05, 3.63) is 54.4 Å². The van der Waals surface area contributed by atoms with Crippen LogP contribution in [0.1, 0.15) is 24.1 Å². The third kappa shape index (κ3) is 2.53. The van der Waals surface area contributed by atoms with Gasteiger partial charge in [0.2, 0.25) is 5.89 Å². The second kappa shape index (κ2) is 5.73. The van der Waals surface area contributed by atoms with Crippen LogP contribution in [0.25, 0.3) is 11.4 Å². The molecule has 0 bridgehead atoms. The lowest BCUT2D eigenvalue weighted by Gasteiger charge is -2.04. The first-order valence-electron chi connectivity index (χ1n) is 7.37. The van der Waals surface area contributed by atoms with Gasteiger partial charge in [0.15, 0.2) is 5.82 Å². The van der Waals surface area contributed by atoms with Crippen LogP contribution in [0.5, 0.6) is 0 Å². The zero-order valence-electron chi connectivity index (χ0n) is 12.1. The minimum Gasteiger partial charge on any atom is -0.381 e. The summed E-state index contributed by atoms with van der Waals surface area (Å²) in [5.74, 6) is 2.49. The van der Waals surface area contributed by atoms with Gasteiger partial charge in [0.05, 0.1) is 6.61 Å². The van der Waals surface area contributed by atoms with E-state index in [1.165, 1.54) is 0 Å². The molecule has 0 aliphatic carbocycles. The first kappa shape index (κ1) is 13.2. The minimum absolute atomic E-state index is 0.258. The Labute approximate surface area is 127 Å². The summed E-state index contributed by atoms with van der Waals surface area (Å²) in [7, 11) is 0. The van der Waals surface area contributed by atoms with Crippen molar-refractivity contribution < 1.29 is 9.26 Å². The fraction of sp³-hybridized carbons (Fsp3) is 0.312. The molecule has 4 rings (SSSR count). The lowest BCUT2D eigenvalue weighted by atomic mass is 10.1. The molecular formula is C16H16N4O2. The molecule has 0 saturated carbocycles. The number of nitrogens with zero attached hydrogens (tertiary/aromatic N) is 4. The molecule has 3 heterocycles. The Kier molecular flexibility index (Phi) is 3.44. The number of rotatable bonds is 4. The predicted molar refractivity (Wildman–Crippen MR) is 79.2 cm³/mol. The summed E-state index contributed by atoms with van der Waals surface area (Å²) in [5, 5.41) is 4.08. The maximum Gasteiger partial charge on any atom is 0.246 e. The summed E-state index contributed by atoms with van der Waals surface area (Å²) in [6.07, 6.45) is 4.66. The molecule has 0 spiro atoms. The van der Waals surface area contributed by atoms with Crippen LogP contribution in [0.4, 0.5) is 0 Å². The van der Waals surface area contributed by atoms with E-state index in [1.54, 1.807) is 6.20 Å². The maximum absolute atomic E-state index is 5.38. The predicted octanol–water partition coefficient (Wildman–Crippen LogP) is 2.49. The molecule has 1 saturated heterocycles. The van der Waals surface area contributed by atoms with E-state index in [1.807, 2.05) is 41.1 Å². The Hall–Kier alpha value is -2.47. The highest BCUT2D eigenvalue weighted by atomic mass is 16.5. The normalized spacial score (nSPS) is 17.9. The van der Waals surface area contributed by atoms with Crippen LogP contribution in [0.15, 0.2) is 47.2 Å². The van der Waals surface area contributed by atoms with Gasteiger partial charge in [0.25, 0.3) is 0 Å². The largest absolute Gasteiger partial charge is 0.381 e. The molecule has 1 unspecified atom stereocenters. The summed E-state index contributed by atoms with van der Waals surface area (Å²) in [6.45, 7) is 1.97. The van der Waals surface area contributed by atoms with Crippen molar-refractivity contribution in [3.63, 3.8) is 0 Å². The molecule has 1 atom stereocenters. The van der Waals surface area contributed by atoms with Crippen molar-refractivity contribution in [3.8, 4) is 11.4 Å². The van der Waals surface area contributed by atoms with Gasteiger partial charge in [-0.05, 0) is 6.42 Å². The van der Waals surface area contributed by atoms with Gasteiger partial charge in [-0.3, -0.25) is 0 Å². The molecule has 1 aliphatic rings. The zero-order valence-corrected chi connectivity index (χ0v) is 12.1. The fourth-order valence-electron chi connectivity index (χ4n) is 2.67. The van der Waals surface area contributed by atoms with E-state index in [-0.39, 0.29) is 5.92 Å².